The molecule has 154 valence electrons. The van der Waals surface area contributed by atoms with Crippen LogP contribution in [-0.2, 0) is 25.9 Å². The lowest BCUT2D eigenvalue weighted by Crippen LogP contribution is -2.66. The predicted molar refractivity (Wildman–Crippen MR) is 105 cm³/mol. The van der Waals surface area contributed by atoms with E-state index in [1.54, 1.807) is 42.5 Å². The number of nitrogens with zero attached hydrogens (tertiary/aromatic N) is 1. The van der Waals surface area contributed by atoms with Crippen LogP contribution in [0.15, 0.2) is 60.2 Å². The fourth-order valence-corrected chi connectivity index (χ4v) is 5.08. The lowest BCUT2D eigenvalue weighted by Gasteiger charge is -2.45. The SMILES string of the molecule is CCCCN1C(=O)C(=O)C2=C(c3ccccc3)OC3(O)c4ccccc4C(O)(O)C213. The zero-order valence-corrected chi connectivity index (χ0v) is 16.3. The van der Waals surface area contributed by atoms with Crippen LogP contribution in [0.2, 0.25) is 0 Å². The Labute approximate surface area is 172 Å². The Bertz CT molecular complexity index is 1110. The quantitative estimate of drug-likeness (QED) is 0.522. The Hall–Kier alpha value is -3.00. The van der Waals surface area contributed by atoms with Gasteiger partial charge < -0.3 is 25.0 Å². The zero-order valence-electron chi connectivity index (χ0n) is 16.3. The number of likely N-dealkylation sites (tertiary alicyclic amines) is 1. The van der Waals surface area contributed by atoms with E-state index in [0.717, 1.165) is 4.90 Å². The van der Waals surface area contributed by atoms with Crippen LogP contribution < -0.4 is 0 Å². The van der Waals surface area contributed by atoms with Crippen LogP contribution in [0.25, 0.3) is 5.76 Å². The number of carbonyl (C=O) groups is 2. The highest BCUT2D eigenvalue weighted by atomic mass is 16.6. The van der Waals surface area contributed by atoms with Crippen molar-refractivity contribution in [3.8, 4) is 0 Å². The zero-order chi connectivity index (χ0) is 21.3. The topological polar surface area (TPSA) is 107 Å². The van der Waals surface area contributed by atoms with E-state index in [-0.39, 0.29) is 29.0 Å². The highest BCUT2D eigenvalue weighted by Crippen LogP contribution is 2.67. The van der Waals surface area contributed by atoms with Crippen molar-refractivity contribution < 1.29 is 29.6 Å². The molecule has 7 heteroatoms. The van der Waals surface area contributed by atoms with Gasteiger partial charge in [-0.15, -0.1) is 0 Å². The second-order valence-electron chi connectivity index (χ2n) is 7.88. The smallest absolute Gasteiger partial charge is 0.296 e. The van der Waals surface area contributed by atoms with Gasteiger partial charge in [-0.25, -0.2) is 0 Å². The molecular weight excluding hydrogens is 386 g/mol. The summed E-state index contributed by atoms with van der Waals surface area (Å²) >= 11 is 0. The minimum absolute atomic E-state index is 0.00103. The number of fused-ring (bicyclic) bond motifs is 2. The Kier molecular flexibility index (Phi) is 3.80. The molecule has 0 bridgehead atoms. The third-order valence-corrected chi connectivity index (χ3v) is 6.34. The number of aliphatic hydroxyl groups is 3. The maximum absolute atomic E-state index is 13.2. The van der Waals surface area contributed by atoms with Crippen molar-refractivity contribution >= 4 is 17.4 Å². The van der Waals surface area contributed by atoms with E-state index >= 15 is 0 Å². The number of carbonyl (C=O) groups excluding carboxylic acids is 2. The van der Waals surface area contributed by atoms with Gasteiger partial charge in [0.25, 0.3) is 17.5 Å². The highest BCUT2D eigenvalue weighted by molar-refractivity contribution is 6.48. The van der Waals surface area contributed by atoms with E-state index in [0.29, 0.717) is 18.4 Å². The Morgan fingerprint density at radius 1 is 0.933 bits per heavy atom. The Balaban J connectivity index is 1.87. The van der Waals surface area contributed by atoms with E-state index in [1.807, 2.05) is 6.92 Å². The lowest BCUT2D eigenvalue weighted by atomic mass is 9.78. The minimum atomic E-state index is -2.74. The van der Waals surface area contributed by atoms with Crippen LogP contribution in [-0.4, -0.2) is 44.0 Å². The number of rotatable bonds is 4. The van der Waals surface area contributed by atoms with E-state index < -0.39 is 28.8 Å². The molecule has 2 unspecified atom stereocenters. The van der Waals surface area contributed by atoms with Crippen molar-refractivity contribution in [2.45, 2.75) is 36.9 Å². The molecule has 3 aliphatic rings. The Morgan fingerprint density at radius 2 is 1.57 bits per heavy atom. The molecule has 1 spiro atoms. The van der Waals surface area contributed by atoms with Gasteiger partial charge in [0, 0.05) is 23.2 Å². The maximum Gasteiger partial charge on any atom is 0.296 e. The number of hydrogen-bond acceptors (Lipinski definition) is 6. The Morgan fingerprint density at radius 3 is 2.23 bits per heavy atom. The fourth-order valence-electron chi connectivity index (χ4n) is 5.08. The summed E-state index contributed by atoms with van der Waals surface area (Å²) < 4.78 is 6.01. The van der Waals surface area contributed by atoms with E-state index in [9.17, 15) is 24.9 Å². The average Bonchev–Trinajstić information content (AvgIpc) is 3.22. The summed E-state index contributed by atoms with van der Waals surface area (Å²) in [4.78, 5) is 27.4. The van der Waals surface area contributed by atoms with E-state index in [1.165, 1.54) is 12.1 Å². The molecule has 30 heavy (non-hydrogen) atoms. The number of hydrogen-bond donors (Lipinski definition) is 3. The van der Waals surface area contributed by atoms with Gasteiger partial charge in [-0.2, -0.15) is 0 Å². The van der Waals surface area contributed by atoms with Gasteiger partial charge in [-0.3, -0.25) is 9.59 Å². The largest absolute Gasteiger partial charge is 0.454 e. The highest BCUT2D eigenvalue weighted by Gasteiger charge is 2.84. The molecule has 2 heterocycles. The van der Waals surface area contributed by atoms with E-state index in [4.69, 9.17) is 4.74 Å². The van der Waals surface area contributed by atoms with Gasteiger partial charge in [0.2, 0.25) is 11.3 Å². The van der Waals surface area contributed by atoms with Gasteiger partial charge in [0.05, 0.1) is 5.57 Å². The van der Waals surface area contributed by atoms with Gasteiger partial charge in [0.1, 0.15) is 5.76 Å². The number of unbranched alkanes of at least 4 members (excludes halogenated alkanes) is 1. The second-order valence-corrected chi connectivity index (χ2v) is 7.88. The molecular formula is C23H21NO6. The van der Waals surface area contributed by atoms with Crippen LogP contribution in [0.4, 0.5) is 0 Å². The fraction of sp³-hybridized carbons (Fsp3) is 0.304. The monoisotopic (exact) mass is 407 g/mol. The lowest BCUT2D eigenvalue weighted by molar-refractivity contribution is -0.312. The molecule has 2 atom stereocenters. The third kappa shape index (κ3) is 1.90. The first kappa shape index (κ1) is 19.0. The first-order valence-electron chi connectivity index (χ1n) is 9.95. The third-order valence-electron chi connectivity index (χ3n) is 6.34. The van der Waals surface area contributed by atoms with E-state index in [2.05, 4.69) is 0 Å². The van der Waals surface area contributed by atoms with Crippen molar-refractivity contribution in [1.82, 2.24) is 4.90 Å². The van der Waals surface area contributed by atoms with Crippen molar-refractivity contribution in [2.75, 3.05) is 6.54 Å². The molecule has 2 aromatic carbocycles. The van der Waals surface area contributed by atoms with Crippen LogP contribution in [0.1, 0.15) is 36.5 Å². The predicted octanol–water partition coefficient (Wildman–Crippen LogP) is 1.37. The molecule has 2 aromatic rings. The minimum Gasteiger partial charge on any atom is -0.454 e. The van der Waals surface area contributed by atoms with Crippen LogP contribution in [0, 0.1) is 0 Å². The maximum atomic E-state index is 13.2. The van der Waals surface area contributed by atoms with Crippen molar-refractivity contribution in [3.63, 3.8) is 0 Å². The van der Waals surface area contributed by atoms with Crippen molar-refractivity contribution in [3.05, 3.63) is 76.9 Å². The van der Waals surface area contributed by atoms with Crippen molar-refractivity contribution in [1.29, 1.82) is 0 Å². The molecule has 0 radical (unpaired) electrons. The molecule has 7 nitrogen and oxygen atoms in total. The number of ether oxygens (including phenoxy) is 1. The van der Waals surface area contributed by atoms with Gasteiger partial charge >= 0.3 is 0 Å². The number of ketones is 1. The molecule has 1 aliphatic carbocycles. The number of Topliss-reactive ketones (excluding diaryl/α,β-unsaturated/α-hetero) is 1. The summed E-state index contributed by atoms with van der Waals surface area (Å²) in [5, 5.41) is 34.8. The summed E-state index contributed by atoms with van der Waals surface area (Å²) in [6.07, 6.45) is 1.21. The number of amides is 1. The van der Waals surface area contributed by atoms with Gasteiger partial charge in [-0.05, 0) is 6.42 Å². The number of benzene rings is 2. The molecule has 1 amide bonds. The van der Waals surface area contributed by atoms with Crippen LogP contribution >= 0.6 is 0 Å². The summed E-state index contributed by atoms with van der Waals surface area (Å²) in [7, 11) is 0. The molecule has 1 fully saturated rings. The summed E-state index contributed by atoms with van der Waals surface area (Å²) in [6, 6.07) is 14.8. The first-order valence-corrected chi connectivity index (χ1v) is 9.95. The molecule has 1 saturated heterocycles. The standard InChI is InChI=1S/C23H21NO6/c1-2-3-13-24-20(26)18(25)17-19(14-9-5-4-6-10-14)30-23(29)16-12-8-7-11-15(16)22(27,28)21(17,23)24/h4-12,27-29H,2-3,13H2,1H3. The molecule has 2 aliphatic heterocycles. The molecule has 0 saturated carbocycles. The average molecular weight is 407 g/mol. The summed E-state index contributed by atoms with van der Waals surface area (Å²) in [6.45, 7) is 1.98. The molecule has 3 N–H and O–H groups in total. The van der Waals surface area contributed by atoms with Gasteiger partial charge in [0.15, 0.2) is 0 Å². The van der Waals surface area contributed by atoms with Crippen molar-refractivity contribution in [2.24, 2.45) is 0 Å². The molecule has 0 aromatic heterocycles. The second kappa shape index (κ2) is 6.01. The summed E-state index contributed by atoms with van der Waals surface area (Å²) in [5.41, 5.74) is -1.85. The van der Waals surface area contributed by atoms with Crippen LogP contribution in [0.3, 0.4) is 0 Å². The normalized spacial score (nSPS) is 28.5. The molecule has 5 rings (SSSR count). The summed E-state index contributed by atoms with van der Waals surface area (Å²) in [5.74, 6) is -6.87. The van der Waals surface area contributed by atoms with Crippen LogP contribution in [0.5, 0.6) is 0 Å². The van der Waals surface area contributed by atoms with Gasteiger partial charge in [-0.1, -0.05) is 67.9 Å². The first-order chi connectivity index (χ1) is 14.3.